The summed E-state index contributed by atoms with van der Waals surface area (Å²) in [7, 11) is 0. The molecule has 0 spiro atoms. The monoisotopic (exact) mass is 286 g/mol. The number of alkyl halides is 3. The van der Waals surface area contributed by atoms with Gasteiger partial charge in [0.05, 0.1) is 11.1 Å². The maximum atomic E-state index is 12.4. The van der Waals surface area contributed by atoms with Crippen molar-refractivity contribution in [3.8, 4) is 0 Å². The molecular weight excluding hydrogens is 273 g/mol. The lowest BCUT2D eigenvalue weighted by molar-refractivity contribution is -0.137. The first-order chi connectivity index (χ1) is 9.25. The zero-order valence-corrected chi connectivity index (χ0v) is 10.3. The molecule has 0 radical (unpaired) electrons. The lowest BCUT2D eigenvalue weighted by Crippen LogP contribution is -2.23. The van der Waals surface area contributed by atoms with E-state index in [-0.39, 0.29) is 11.3 Å². The Kier molecular flexibility index (Phi) is 4.76. The number of anilines is 1. The number of primary amides is 1. The van der Waals surface area contributed by atoms with E-state index in [4.69, 9.17) is 11.6 Å². The van der Waals surface area contributed by atoms with Gasteiger partial charge in [0.2, 0.25) is 0 Å². The predicted molar refractivity (Wildman–Crippen MR) is 68.8 cm³/mol. The van der Waals surface area contributed by atoms with Gasteiger partial charge in [0.25, 0.3) is 5.91 Å². The molecule has 0 heterocycles. The summed E-state index contributed by atoms with van der Waals surface area (Å²) in [5.41, 5.74) is 6.88. The molecule has 0 atom stereocenters. The third kappa shape index (κ3) is 4.02. The second kappa shape index (κ2) is 6.11. The van der Waals surface area contributed by atoms with Gasteiger partial charge in [-0.05, 0) is 24.3 Å². The number of hydrogen-bond acceptors (Lipinski definition) is 4. The first kappa shape index (κ1) is 15.6. The van der Waals surface area contributed by atoms with Crippen molar-refractivity contribution in [2.75, 3.05) is 5.32 Å². The Morgan fingerprint density at radius 3 is 2.20 bits per heavy atom. The van der Waals surface area contributed by atoms with Crippen molar-refractivity contribution < 1.29 is 18.0 Å². The molecule has 20 heavy (non-hydrogen) atoms. The Balaban J connectivity index is 2.86. The van der Waals surface area contributed by atoms with E-state index >= 15 is 0 Å². The van der Waals surface area contributed by atoms with E-state index in [0.717, 1.165) is 18.3 Å². The third-order valence-electron chi connectivity index (χ3n) is 2.33. The number of hydrogen-bond donors (Lipinski definition) is 4. The topological polar surface area (TPSA) is 93.2 Å². The van der Waals surface area contributed by atoms with E-state index in [1.54, 1.807) is 0 Å². The molecule has 1 rings (SSSR count). The fourth-order valence-electron chi connectivity index (χ4n) is 1.37. The molecule has 0 bridgehead atoms. The second-order valence-electron chi connectivity index (χ2n) is 3.77. The first-order valence-electron chi connectivity index (χ1n) is 5.35. The Bertz CT molecular complexity index is 535. The van der Waals surface area contributed by atoms with Crippen LogP contribution in [0.2, 0.25) is 0 Å². The Morgan fingerprint density at radius 2 is 1.80 bits per heavy atom. The maximum absolute atomic E-state index is 12.4. The van der Waals surface area contributed by atoms with Crippen LogP contribution in [-0.4, -0.2) is 5.91 Å². The normalized spacial score (nSPS) is 11.9. The van der Waals surface area contributed by atoms with Crippen LogP contribution in [0.5, 0.6) is 0 Å². The average molecular weight is 286 g/mol. The number of rotatable bonds is 5. The number of hydrazine groups is 1. The Morgan fingerprint density at radius 1 is 1.25 bits per heavy atom. The van der Waals surface area contributed by atoms with Crippen LogP contribution in [-0.2, 0) is 11.0 Å². The number of nitrogens with two attached hydrogens (primary N) is 2. The number of benzene rings is 1. The van der Waals surface area contributed by atoms with E-state index < -0.39 is 17.6 Å². The van der Waals surface area contributed by atoms with Crippen molar-refractivity contribution in [2.24, 2.45) is 11.6 Å². The summed E-state index contributed by atoms with van der Waals surface area (Å²) < 4.78 is 37.2. The van der Waals surface area contributed by atoms with Gasteiger partial charge in [-0.25, -0.2) is 0 Å². The van der Waals surface area contributed by atoms with E-state index in [1.165, 1.54) is 12.1 Å². The molecule has 108 valence electrons. The van der Waals surface area contributed by atoms with Crippen LogP contribution in [0.15, 0.2) is 48.3 Å². The summed E-state index contributed by atoms with van der Waals surface area (Å²) in [6, 6.07) is 4.24. The molecule has 0 aliphatic rings. The zero-order valence-electron chi connectivity index (χ0n) is 10.3. The summed E-state index contributed by atoms with van der Waals surface area (Å²) in [5.74, 6) is 4.25. The summed E-state index contributed by atoms with van der Waals surface area (Å²) >= 11 is 0. The summed E-state index contributed by atoms with van der Waals surface area (Å²) in [6.07, 6.45) is -3.28. The van der Waals surface area contributed by atoms with Gasteiger partial charge < -0.3 is 16.5 Å². The number of amides is 1. The molecule has 0 aromatic heterocycles. The molecule has 8 heteroatoms. The zero-order chi connectivity index (χ0) is 15.3. The molecule has 0 fully saturated rings. The largest absolute Gasteiger partial charge is 0.416 e. The van der Waals surface area contributed by atoms with Crippen molar-refractivity contribution in [3.63, 3.8) is 0 Å². The van der Waals surface area contributed by atoms with Crippen molar-refractivity contribution in [1.82, 2.24) is 5.43 Å². The lowest BCUT2D eigenvalue weighted by Gasteiger charge is -2.12. The minimum Gasteiger partial charge on any atom is -0.365 e. The van der Waals surface area contributed by atoms with Crippen molar-refractivity contribution in [1.29, 1.82) is 0 Å². The number of halogens is 3. The lowest BCUT2D eigenvalue weighted by atomic mass is 10.1. The highest BCUT2D eigenvalue weighted by Crippen LogP contribution is 2.30. The molecule has 1 aromatic rings. The van der Waals surface area contributed by atoms with Gasteiger partial charge >= 0.3 is 6.18 Å². The average Bonchev–Trinajstić information content (AvgIpc) is 2.34. The fourth-order valence-corrected chi connectivity index (χ4v) is 1.37. The first-order valence-corrected chi connectivity index (χ1v) is 5.35. The summed E-state index contributed by atoms with van der Waals surface area (Å²) in [4.78, 5) is 11.1. The van der Waals surface area contributed by atoms with Gasteiger partial charge in [0, 0.05) is 17.6 Å². The van der Waals surface area contributed by atoms with Crippen LogP contribution in [0.1, 0.15) is 5.56 Å². The fraction of sp³-hybridized carbons (Fsp3) is 0.0833. The van der Waals surface area contributed by atoms with Gasteiger partial charge in [-0.1, -0.05) is 6.58 Å². The number of nitrogens with one attached hydrogen (secondary N) is 2. The van der Waals surface area contributed by atoms with Crippen LogP contribution < -0.4 is 22.3 Å². The number of carbonyl (C=O) groups is 1. The van der Waals surface area contributed by atoms with E-state index in [9.17, 15) is 18.0 Å². The van der Waals surface area contributed by atoms with Crippen molar-refractivity contribution in [2.45, 2.75) is 6.18 Å². The highest BCUT2D eigenvalue weighted by molar-refractivity contribution is 5.97. The van der Waals surface area contributed by atoms with Crippen LogP contribution in [0.3, 0.4) is 0 Å². The molecule has 1 aromatic carbocycles. The van der Waals surface area contributed by atoms with Gasteiger partial charge in [-0.15, -0.1) is 0 Å². The van der Waals surface area contributed by atoms with E-state index in [0.29, 0.717) is 5.69 Å². The van der Waals surface area contributed by atoms with Crippen LogP contribution >= 0.6 is 0 Å². The molecule has 0 aliphatic carbocycles. The minimum atomic E-state index is -4.41. The van der Waals surface area contributed by atoms with Gasteiger partial charge in [0.1, 0.15) is 0 Å². The predicted octanol–water partition coefficient (Wildman–Crippen LogP) is 1.46. The number of carbonyl (C=O) groups excluding carboxylic acids is 1. The molecule has 1 amide bonds. The Labute approximate surface area is 113 Å². The quantitative estimate of drug-likeness (QED) is 0.285. The second-order valence-corrected chi connectivity index (χ2v) is 3.77. The molecule has 6 N–H and O–H groups in total. The molecule has 0 aliphatic heterocycles. The van der Waals surface area contributed by atoms with Crippen LogP contribution in [0, 0.1) is 0 Å². The Hall–Kier alpha value is -2.48. The van der Waals surface area contributed by atoms with E-state index in [2.05, 4.69) is 17.3 Å². The molecule has 0 saturated heterocycles. The highest BCUT2D eigenvalue weighted by atomic mass is 19.4. The van der Waals surface area contributed by atoms with Gasteiger partial charge in [0.15, 0.2) is 0 Å². The molecule has 5 nitrogen and oxygen atoms in total. The molecular formula is C12H13F3N4O. The van der Waals surface area contributed by atoms with Gasteiger partial charge in [-0.3, -0.25) is 10.6 Å². The van der Waals surface area contributed by atoms with Gasteiger partial charge in [-0.2, -0.15) is 13.2 Å². The van der Waals surface area contributed by atoms with E-state index in [1.807, 2.05) is 0 Å². The highest BCUT2D eigenvalue weighted by Gasteiger charge is 2.29. The minimum absolute atomic E-state index is 0.0209. The van der Waals surface area contributed by atoms with Crippen LogP contribution in [0.25, 0.3) is 0 Å². The SMILES string of the molecule is C=C(Nc1ccc(C(F)(F)F)cc1)/C(=C\NN)C(N)=O. The van der Waals surface area contributed by atoms with Crippen molar-refractivity contribution >= 4 is 11.6 Å². The maximum Gasteiger partial charge on any atom is 0.416 e. The van der Waals surface area contributed by atoms with Crippen LogP contribution in [0.4, 0.5) is 18.9 Å². The molecule has 0 unspecified atom stereocenters. The molecule has 0 saturated carbocycles. The summed E-state index contributed by atoms with van der Waals surface area (Å²) in [6.45, 7) is 3.56. The third-order valence-corrected chi connectivity index (χ3v) is 2.33. The van der Waals surface area contributed by atoms with Crippen molar-refractivity contribution in [3.05, 3.63) is 53.9 Å². The smallest absolute Gasteiger partial charge is 0.365 e. The summed E-state index contributed by atoms with van der Waals surface area (Å²) in [5, 5.41) is 2.66. The standard InChI is InChI=1S/C12H13F3N4O/c1-7(10(6-18-17)11(16)20)19-9-4-2-8(3-5-9)12(13,14)15/h2-6,18-19H,1,17H2,(H2,16,20)/b10-6+.